The molecule has 0 aromatic carbocycles. The molecule has 1 heterocycles. The number of carbonyl (C=O) groups is 1. The number of allylic oxidation sites excluding steroid dienone is 1. The van der Waals surface area contributed by atoms with Crippen molar-refractivity contribution < 1.29 is 4.79 Å². The van der Waals surface area contributed by atoms with Gasteiger partial charge in [-0.05, 0) is 6.92 Å². The van der Waals surface area contributed by atoms with Crippen LogP contribution in [0, 0.1) is 0 Å². The lowest BCUT2D eigenvalue weighted by molar-refractivity contribution is 0.0865. The molecule has 0 fully saturated rings. The molecule has 0 radical (unpaired) electrons. The molecule has 1 aromatic rings. The molecule has 0 spiro atoms. The number of hydrogen-bond donors (Lipinski definition) is 2. The van der Waals surface area contributed by atoms with E-state index >= 15 is 0 Å². The number of nitrogen functional groups attached to an aromatic ring is 2. The van der Waals surface area contributed by atoms with Crippen molar-refractivity contribution in [3.05, 3.63) is 35.9 Å². The minimum absolute atomic E-state index is 0.0168. The van der Waals surface area contributed by atoms with Gasteiger partial charge in [0.15, 0.2) is 22.5 Å². The maximum atomic E-state index is 12.0. The predicted octanol–water partition coefficient (Wildman–Crippen LogP) is 1.41. The second kappa shape index (κ2) is 5.31. The van der Waals surface area contributed by atoms with Crippen LogP contribution in [-0.2, 0) is 0 Å². The highest BCUT2D eigenvalue weighted by atomic mass is 35.5. The summed E-state index contributed by atoms with van der Waals surface area (Å²) in [4.78, 5) is 20.7. The van der Waals surface area contributed by atoms with Gasteiger partial charge in [0.25, 0.3) is 5.91 Å². The molecular formula is C10H12ClN5O. The Morgan fingerprint density at radius 2 is 2.06 bits per heavy atom. The van der Waals surface area contributed by atoms with Crippen LogP contribution in [0.25, 0.3) is 0 Å². The lowest BCUT2D eigenvalue weighted by Crippen LogP contribution is -2.23. The van der Waals surface area contributed by atoms with E-state index in [2.05, 4.69) is 16.5 Å². The minimum Gasteiger partial charge on any atom is -0.382 e. The summed E-state index contributed by atoms with van der Waals surface area (Å²) < 4.78 is 0. The monoisotopic (exact) mass is 253 g/mol. The van der Waals surface area contributed by atoms with E-state index < -0.39 is 5.91 Å². The summed E-state index contributed by atoms with van der Waals surface area (Å²) in [6.45, 7) is 5.26. The van der Waals surface area contributed by atoms with Gasteiger partial charge in [0.2, 0.25) is 0 Å². The highest BCUT2D eigenvalue weighted by molar-refractivity contribution is 6.31. The Labute approximate surface area is 104 Å². The molecule has 0 saturated heterocycles. The first kappa shape index (κ1) is 13.0. The molecule has 1 aromatic heterocycles. The summed E-state index contributed by atoms with van der Waals surface area (Å²) in [5, 5.41) is -0.0629. The first-order valence-electron chi connectivity index (χ1n) is 4.67. The third-order valence-electron chi connectivity index (χ3n) is 1.85. The quantitative estimate of drug-likeness (QED) is 0.849. The van der Waals surface area contributed by atoms with Crippen molar-refractivity contribution in [2.24, 2.45) is 0 Å². The summed E-state index contributed by atoms with van der Waals surface area (Å²) >= 11 is 5.69. The summed E-state index contributed by atoms with van der Waals surface area (Å²) in [5.41, 5.74) is 10.9. The average molecular weight is 254 g/mol. The Kier molecular flexibility index (Phi) is 4.06. The third-order valence-corrected chi connectivity index (χ3v) is 2.13. The van der Waals surface area contributed by atoms with Crippen LogP contribution in [0.1, 0.15) is 17.4 Å². The molecular weight excluding hydrogens is 242 g/mol. The fourth-order valence-corrected chi connectivity index (χ4v) is 1.22. The fraction of sp³-hybridized carbons (Fsp3) is 0.100. The number of nitrogens with two attached hydrogens (primary N) is 2. The minimum atomic E-state index is -0.481. The molecule has 0 bridgehead atoms. The van der Waals surface area contributed by atoms with E-state index in [1.807, 2.05) is 0 Å². The Balaban J connectivity index is 3.20. The van der Waals surface area contributed by atoms with E-state index in [0.29, 0.717) is 0 Å². The van der Waals surface area contributed by atoms with E-state index in [1.165, 1.54) is 17.3 Å². The zero-order valence-corrected chi connectivity index (χ0v) is 9.98. The lowest BCUT2D eigenvalue weighted by Gasteiger charge is -2.13. The second-order valence-electron chi connectivity index (χ2n) is 3.01. The number of halogens is 1. The molecule has 1 rings (SSSR count). The first-order chi connectivity index (χ1) is 8.01. The van der Waals surface area contributed by atoms with Gasteiger partial charge in [-0.2, -0.15) is 0 Å². The molecule has 0 aliphatic rings. The van der Waals surface area contributed by atoms with Gasteiger partial charge >= 0.3 is 0 Å². The molecule has 4 N–H and O–H groups in total. The molecule has 0 atom stereocenters. The van der Waals surface area contributed by atoms with E-state index in [-0.39, 0.29) is 22.5 Å². The number of rotatable bonds is 3. The van der Waals surface area contributed by atoms with Gasteiger partial charge in [-0.3, -0.25) is 9.69 Å². The molecule has 6 nitrogen and oxygen atoms in total. The Morgan fingerprint density at radius 1 is 1.41 bits per heavy atom. The highest BCUT2D eigenvalue weighted by Gasteiger charge is 2.19. The lowest BCUT2D eigenvalue weighted by atomic mass is 10.3. The first-order valence-corrected chi connectivity index (χ1v) is 5.05. The maximum Gasteiger partial charge on any atom is 0.284 e. The van der Waals surface area contributed by atoms with Gasteiger partial charge in [0.05, 0.1) is 0 Å². The zero-order chi connectivity index (χ0) is 13.0. The van der Waals surface area contributed by atoms with E-state index in [1.54, 1.807) is 13.0 Å². The van der Waals surface area contributed by atoms with Crippen molar-refractivity contribution in [2.45, 2.75) is 6.92 Å². The van der Waals surface area contributed by atoms with Crippen molar-refractivity contribution in [3.63, 3.8) is 0 Å². The van der Waals surface area contributed by atoms with Crippen LogP contribution in [0.5, 0.6) is 0 Å². The zero-order valence-electron chi connectivity index (χ0n) is 9.22. The molecule has 17 heavy (non-hydrogen) atoms. The molecule has 0 unspecified atom stereocenters. The topological polar surface area (TPSA) is 98.1 Å². The van der Waals surface area contributed by atoms with Gasteiger partial charge in [-0.15, -0.1) is 0 Å². The molecule has 1 amide bonds. The standard InChI is InChI=1S/C10H12ClN5O/c1-3-5-16(4-2)10(17)6-8(12)15-9(13)7(11)14-6/h3-5H,2H2,1H3,(H4,12,13,15). The predicted molar refractivity (Wildman–Crippen MR) is 67.0 cm³/mol. The smallest absolute Gasteiger partial charge is 0.284 e. The van der Waals surface area contributed by atoms with Crippen LogP contribution in [-0.4, -0.2) is 20.8 Å². The summed E-state index contributed by atoms with van der Waals surface area (Å²) in [6.07, 6.45) is 4.51. The molecule has 0 aliphatic heterocycles. The van der Waals surface area contributed by atoms with Gasteiger partial charge in [0.1, 0.15) is 0 Å². The van der Waals surface area contributed by atoms with Gasteiger partial charge < -0.3 is 11.5 Å². The number of aromatic nitrogens is 2. The summed E-state index contributed by atoms with van der Waals surface area (Å²) in [6, 6.07) is 0. The SMILES string of the molecule is C=CN(C=CC)C(=O)c1nc(Cl)c(N)nc1N. The second-order valence-corrected chi connectivity index (χ2v) is 3.37. The van der Waals surface area contributed by atoms with Crippen molar-refractivity contribution in [3.8, 4) is 0 Å². The molecule has 0 saturated carbocycles. The maximum absolute atomic E-state index is 12.0. The Bertz CT molecular complexity index is 486. The molecule has 90 valence electrons. The van der Waals surface area contributed by atoms with Crippen molar-refractivity contribution in [1.82, 2.24) is 14.9 Å². The normalized spacial score (nSPS) is 10.5. The average Bonchev–Trinajstić information content (AvgIpc) is 2.30. The van der Waals surface area contributed by atoms with Crippen molar-refractivity contribution in [2.75, 3.05) is 11.5 Å². The van der Waals surface area contributed by atoms with Crippen LogP contribution >= 0.6 is 11.6 Å². The van der Waals surface area contributed by atoms with Gasteiger partial charge in [0, 0.05) is 12.4 Å². The number of carbonyl (C=O) groups excluding carboxylic acids is 1. The van der Waals surface area contributed by atoms with Crippen molar-refractivity contribution in [1.29, 1.82) is 0 Å². The summed E-state index contributed by atoms with van der Waals surface area (Å²) in [5.74, 6) is -0.574. The Hall–Kier alpha value is -2.08. The van der Waals surface area contributed by atoms with Crippen LogP contribution < -0.4 is 11.5 Å². The van der Waals surface area contributed by atoms with Gasteiger partial charge in [-0.25, -0.2) is 9.97 Å². The van der Waals surface area contributed by atoms with Crippen molar-refractivity contribution >= 4 is 29.1 Å². The van der Waals surface area contributed by atoms with E-state index in [9.17, 15) is 4.79 Å². The highest BCUT2D eigenvalue weighted by Crippen LogP contribution is 2.18. The van der Waals surface area contributed by atoms with Crippen LogP contribution in [0.15, 0.2) is 25.1 Å². The van der Waals surface area contributed by atoms with Crippen LogP contribution in [0.2, 0.25) is 5.15 Å². The van der Waals surface area contributed by atoms with E-state index in [4.69, 9.17) is 23.1 Å². The summed E-state index contributed by atoms with van der Waals surface area (Å²) in [7, 11) is 0. The largest absolute Gasteiger partial charge is 0.382 e. The van der Waals surface area contributed by atoms with Crippen LogP contribution in [0.3, 0.4) is 0 Å². The molecule has 7 heteroatoms. The molecule has 0 aliphatic carbocycles. The number of hydrogen-bond acceptors (Lipinski definition) is 5. The fourth-order valence-electron chi connectivity index (χ4n) is 1.09. The Morgan fingerprint density at radius 3 is 2.59 bits per heavy atom. The number of nitrogens with zero attached hydrogens (tertiary/aromatic N) is 3. The van der Waals surface area contributed by atoms with Gasteiger partial charge in [-0.1, -0.05) is 24.3 Å². The third kappa shape index (κ3) is 2.73. The number of anilines is 2. The van der Waals surface area contributed by atoms with Crippen LogP contribution in [0.4, 0.5) is 11.6 Å². The number of amides is 1. The van der Waals surface area contributed by atoms with E-state index in [0.717, 1.165) is 0 Å².